The largest absolute Gasteiger partial charge is 0.496 e. The Bertz CT molecular complexity index is 1410. The molecule has 41 heavy (non-hydrogen) atoms. The Kier molecular flexibility index (Phi) is 7.89. The molecule has 1 aliphatic carbocycles. The smallest absolute Gasteiger partial charge is 0.320 e. The summed E-state index contributed by atoms with van der Waals surface area (Å²) >= 11 is 0. The number of pyridine rings is 1. The lowest BCUT2D eigenvalue weighted by Gasteiger charge is -2.49. The summed E-state index contributed by atoms with van der Waals surface area (Å²) in [5.74, 6) is 1.13. The lowest BCUT2D eigenvalue weighted by molar-refractivity contribution is 0.0215. The molecular weight excluding hydrogens is 512 g/mol. The number of nitrogens with zero attached hydrogens (tertiary/aromatic N) is 3. The van der Waals surface area contributed by atoms with Gasteiger partial charge in [0.1, 0.15) is 5.75 Å². The van der Waals surface area contributed by atoms with Crippen molar-refractivity contribution >= 4 is 6.03 Å². The predicted molar refractivity (Wildman–Crippen MR) is 162 cm³/mol. The fraction of sp³-hybridized carbons (Fsp3) is 0.471. The second-order valence-electron chi connectivity index (χ2n) is 12.3. The van der Waals surface area contributed by atoms with Crippen LogP contribution >= 0.6 is 0 Å². The Hall–Kier alpha value is -3.58. The first-order valence-corrected chi connectivity index (χ1v) is 15.2. The van der Waals surface area contributed by atoms with E-state index in [1.165, 1.54) is 12.8 Å². The van der Waals surface area contributed by atoms with E-state index in [1.54, 1.807) is 13.2 Å². The number of benzene rings is 2. The second-order valence-corrected chi connectivity index (χ2v) is 12.3. The minimum Gasteiger partial charge on any atom is -0.496 e. The third-order valence-corrected chi connectivity index (χ3v) is 9.89. The first kappa shape index (κ1) is 27.6. The van der Waals surface area contributed by atoms with Gasteiger partial charge in [0.2, 0.25) is 0 Å². The Morgan fingerprint density at radius 2 is 1.76 bits per heavy atom. The maximum absolute atomic E-state index is 14.1. The molecule has 216 valence electrons. The van der Waals surface area contributed by atoms with Crippen molar-refractivity contribution in [2.24, 2.45) is 17.1 Å². The molecule has 2 aromatic carbocycles. The number of rotatable bonds is 5. The molecule has 7 heteroatoms. The van der Waals surface area contributed by atoms with Gasteiger partial charge < -0.3 is 24.8 Å². The number of carbonyl (C=O) groups is 1. The number of nitrogens with two attached hydrogens (primary N) is 1. The number of hydrogen-bond donors (Lipinski definition) is 1. The first-order valence-electron chi connectivity index (χ1n) is 15.2. The highest BCUT2D eigenvalue weighted by molar-refractivity contribution is 5.75. The number of aromatic nitrogens is 1. The van der Waals surface area contributed by atoms with Crippen molar-refractivity contribution < 1.29 is 9.53 Å². The van der Waals surface area contributed by atoms with E-state index < -0.39 is 0 Å². The van der Waals surface area contributed by atoms with Crippen LogP contribution in [0, 0.1) is 11.3 Å². The van der Waals surface area contributed by atoms with E-state index in [-0.39, 0.29) is 29.1 Å². The number of amides is 2. The second kappa shape index (κ2) is 11.7. The van der Waals surface area contributed by atoms with Gasteiger partial charge in [-0.05, 0) is 66.7 Å². The molecule has 3 heterocycles. The molecule has 2 saturated heterocycles. The van der Waals surface area contributed by atoms with E-state index in [1.807, 2.05) is 59.3 Å². The summed E-state index contributed by atoms with van der Waals surface area (Å²) in [6.07, 6.45) is 9.08. The van der Waals surface area contributed by atoms with Crippen molar-refractivity contribution in [2.45, 2.75) is 63.6 Å². The van der Waals surface area contributed by atoms with Gasteiger partial charge in [-0.2, -0.15) is 0 Å². The van der Waals surface area contributed by atoms with Crippen LogP contribution in [-0.2, 0) is 6.54 Å². The number of hydrogen-bond acceptors (Lipinski definition) is 4. The fourth-order valence-corrected chi connectivity index (χ4v) is 7.64. The third kappa shape index (κ3) is 5.52. The summed E-state index contributed by atoms with van der Waals surface area (Å²) in [6.45, 7) is 2.89. The number of carbonyl (C=O) groups excluding carboxylic acids is 1. The predicted octanol–water partition coefficient (Wildman–Crippen LogP) is 5.69. The summed E-state index contributed by atoms with van der Waals surface area (Å²) in [6, 6.07) is 22.2. The Morgan fingerprint density at radius 3 is 2.51 bits per heavy atom. The number of urea groups is 1. The molecule has 3 aromatic rings. The van der Waals surface area contributed by atoms with E-state index >= 15 is 0 Å². The minimum atomic E-state index is 0.00965. The van der Waals surface area contributed by atoms with Crippen LogP contribution in [0.25, 0.3) is 11.1 Å². The highest BCUT2D eigenvalue weighted by atomic mass is 16.5. The number of likely N-dealkylation sites (tertiary alicyclic amines) is 2. The van der Waals surface area contributed by atoms with Gasteiger partial charge in [0.05, 0.1) is 13.2 Å². The molecule has 2 aliphatic heterocycles. The van der Waals surface area contributed by atoms with Gasteiger partial charge >= 0.3 is 6.03 Å². The third-order valence-electron chi connectivity index (χ3n) is 9.89. The molecule has 6 rings (SSSR count). The van der Waals surface area contributed by atoms with Crippen LogP contribution < -0.4 is 16.0 Å². The molecular formula is C34H42N4O3. The Morgan fingerprint density at radius 1 is 1.00 bits per heavy atom. The maximum atomic E-state index is 14.1. The van der Waals surface area contributed by atoms with Crippen LogP contribution in [-0.4, -0.2) is 53.2 Å². The van der Waals surface area contributed by atoms with Crippen molar-refractivity contribution in [3.63, 3.8) is 0 Å². The molecule has 2 N–H and O–H groups in total. The average Bonchev–Trinajstić information content (AvgIpc) is 3.47. The number of ether oxygens (including phenoxy) is 1. The van der Waals surface area contributed by atoms with E-state index in [2.05, 4.69) is 21.9 Å². The van der Waals surface area contributed by atoms with Crippen LogP contribution in [0.5, 0.6) is 5.75 Å². The molecule has 2 amide bonds. The van der Waals surface area contributed by atoms with Gasteiger partial charge in [0.15, 0.2) is 0 Å². The summed E-state index contributed by atoms with van der Waals surface area (Å²) in [5.41, 5.74) is 9.40. The van der Waals surface area contributed by atoms with Gasteiger partial charge in [0.25, 0.3) is 5.56 Å². The summed E-state index contributed by atoms with van der Waals surface area (Å²) < 4.78 is 7.39. The van der Waals surface area contributed by atoms with Gasteiger partial charge in [0, 0.05) is 50.0 Å². The molecule has 3 aliphatic rings. The van der Waals surface area contributed by atoms with Gasteiger partial charge in [-0.1, -0.05) is 61.4 Å². The van der Waals surface area contributed by atoms with Crippen LogP contribution in [0.4, 0.5) is 4.79 Å². The summed E-state index contributed by atoms with van der Waals surface area (Å²) in [5, 5.41) is 0. The van der Waals surface area contributed by atoms with Crippen molar-refractivity contribution in [3.05, 3.63) is 88.8 Å². The molecule has 1 spiro atoms. The minimum absolute atomic E-state index is 0.00965. The molecule has 3 fully saturated rings. The Balaban J connectivity index is 1.20. The Labute approximate surface area is 242 Å². The number of piperidine rings is 2. The summed E-state index contributed by atoms with van der Waals surface area (Å²) in [7, 11) is 1.65. The number of methoxy groups -OCH3 is 1. The molecule has 7 nitrogen and oxygen atoms in total. The highest BCUT2D eigenvalue weighted by Gasteiger charge is 2.47. The molecule has 1 saturated carbocycles. The normalized spacial score (nSPS) is 24.0. The quantitative estimate of drug-likeness (QED) is 0.439. The van der Waals surface area contributed by atoms with E-state index in [0.29, 0.717) is 19.0 Å². The zero-order chi connectivity index (χ0) is 28.4. The standard InChI is InChI=1S/C34H42N4O3/c1-41-31-12-6-5-11-29(31)26-13-18-36(32(39)21-26)23-27-14-19-37(24-34(27)16-7-8-17-34)33(40)38-20-15-28(35)22-30(38)25-9-3-2-4-10-25/h2-6,9-13,18,21,27-28,30H,7-8,14-17,19-20,22-24,35H2,1H3/t27-,28+,30-/m0/s1. The van der Waals surface area contributed by atoms with Gasteiger partial charge in [-0.25, -0.2) is 4.79 Å². The van der Waals surface area contributed by atoms with Gasteiger partial charge in [-0.15, -0.1) is 0 Å². The van der Waals surface area contributed by atoms with E-state index in [4.69, 9.17) is 10.5 Å². The fourth-order valence-electron chi connectivity index (χ4n) is 7.64. The lowest BCUT2D eigenvalue weighted by Crippen LogP contribution is -2.56. The van der Waals surface area contributed by atoms with Crippen molar-refractivity contribution in [1.29, 1.82) is 0 Å². The van der Waals surface area contributed by atoms with E-state index in [0.717, 1.165) is 67.6 Å². The molecule has 1 aromatic heterocycles. The van der Waals surface area contributed by atoms with Crippen molar-refractivity contribution in [2.75, 3.05) is 26.7 Å². The molecule has 0 bridgehead atoms. The number of para-hydroxylation sites is 1. The molecule has 0 radical (unpaired) electrons. The van der Waals surface area contributed by atoms with Crippen LogP contribution in [0.1, 0.15) is 56.6 Å². The molecule has 0 unspecified atom stereocenters. The summed E-state index contributed by atoms with van der Waals surface area (Å²) in [4.78, 5) is 31.6. The maximum Gasteiger partial charge on any atom is 0.320 e. The van der Waals surface area contributed by atoms with Crippen LogP contribution in [0.15, 0.2) is 77.7 Å². The first-order chi connectivity index (χ1) is 20.0. The van der Waals surface area contributed by atoms with Crippen LogP contribution in [0.2, 0.25) is 0 Å². The zero-order valence-electron chi connectivity index (χ0n) is 24.1. The monoisotopic (exact) mass is 554 g/mol. The topological polar surface area (TPSA) is 80.8 Å². The van der Waals surface area contributed by atoms with E-state index in [9.17, 15) is 9.59 Å². The average molecular weight is 555 g/mol. The molecule has 3 atom stereocenters. The van der Waals surface area contributed by atoms with Crippen LogP contribution in [0.3, 0.4) is 0 Å². The lowest BCUT2D eigenvalue weighted by atomic mass is 9.69. The van der Waals surface area contributed by atoms with Gasteiger partial charge in [-0.3, -0.25) is 4.79 Å². The van der Waals surface area contributed by atoms with Crippen molar-refractivity contribution in [3.8, 4) is 16.9 Å². The highest BCUT2D eigenvalue weighted by Crippen LogP contribution is 2.49. The zero-order valence-corrected chi connectivity index (χ0v) is 24.1. The SMILES string of the molecule is COc1ccccc1-c1ccn(C[C@@H]2CCN(C(=O)N3CC[C@@H](N)C[C@H]3c3ccccc3)CC23CCCC3)c(=O)c1. The van der Waals surface area contributed by atoms with Crippen molar-refractivity contribution in [1.82, 2.24) is 14.4 Å².